The normalized spacial score (nSPS) is 14.7. The zero-order valence-electron chi connectivity index (χ0n) is 21.0. The number of anilines is 1. The van der Waals surface area contributed by atoms with Crippen LogP contribution in [0.2, 0.25) is 0 Å². The summed E-state index contributed by atoms with van der Waals surface area (Å²) in [6.45, 7) is 2.69. The number of rotatable bonds is 10. The Hall–Kier alpha value is -2.99. The number of non-ortho nitro benzene ring substituents is 1. The average molecular weight is 596 g/mol. The van der Waals surface area contributed by atoms with Gasteiger partial charge >= 0.3 is 0 Å². The SMILES string of the molecule is Cc1ccc([N+](=O)[O-])cc1N(CC(=O)N(Cc1ccc(Br)cc1)[C@H](C)C(=O)NC1CCCC1)S(C)(=O)=O. The minimum atomic E-state index is -4.00. The molecular formula is C25H31BrN4O6S. The van der Waals surface area contributed by atoms with Gasteiger partial charge in [-0.15, -0.1) is 0 Å². The van der Waals surface area contributed by atoms with Gasteiger partial charge in [0, 0.05) is 29.2 Å². The molecule has 12 heteroatoms. The third-order valence-corrected chi connectivity index (χ3v) is 8.14. The van der Waals surface area contributed by atoms with Crippen molar-refractivity contribution >= 4 is 49.1 Å². The molecule has 0 bridgehead atoms. The Labute approximate surface area is 225 Å². The molecule has 3 rings (SSSR count). The van der Waals surface area contributed by atoms with Crippen LogP contribution in [0.1, 0.15) is 43.7 Å². The van der Waals surface area contributed by atoms with Gasteiger partial charge in [0.2, 0.25) is 21.8 Å². The number of nitro benzene ring substituents is 1. The van der Waals surface area contributed by atoms with E-state index in [4.69, 9.17) is 0 Å². The van der Waals surface area contributed by atoms with Crippen molar-refractivity contribution < 1.29 is 22.9 Å². The second-order valence-corrected chi connectivity index (χ2v) is 12.1. The third-order valence-electron chi connectivity index (χ3n) is 6.49. The predicted molar refractivity (Wildman–Crippen MR) is 145 cm³/mol. The number of hydrogen-bond donors (Lipinski definition) is 1. The Bertz CT molecular complexity index is 1260. The maximum Gasteiger partial charge on any atom is 0.271 e. The quantitative estimate of drug-likeness (QED) is 0.328. The summed E-state index contributed by atoms with van der Waals surface area (Å²) in [5, 5.41) is 14.3. The summed E-state index contributed by atoms with van der Waals surface area (Å²) in [5.74, 6) is -0.914. The highest BCUT2D eigenvalue weighted by atomic mass is 79.9. The Balaban J connectivity index is 1.93. The van der Waals surface area contributed by atoms with Crippen LogP contribution in [0.15, 0.2) is 46.9 Å². The standard InChI is InChI=1S/C25H31BrN4O6S/c1-17-8-13-22(30(33)34)14-23(17)29(37(3,35)36)16-24(31)28(15-19-9-11-20(26)12-10-19)18(2)25(32)27-21-6-4-5-7-21/h8-14,18,21H,4-7,15-16H2,1-3H3,(H,27,32)/t18-/m1/s1. The molecule has 0 aliphatic heterocycles. The molecule has 10 nitrogen and oxygen atoms in total. The smallest absolute Gasteiger partial charge is 0.271 e. The lowest BCUT2D eigenvalue weighted by Gasteiger charge is -2.32. The van der Waals surface area contributed by atoms with Crippen molar-refractivity contribution in [2.75, 3.05) is 17.1 Å². The number of carbonyl (C=O) groups excluding carboxylic acids is 2. The van der Waals surface area contributed by atoms with E-state index in [0.717, 1.165) is 52.3 Å². The molecule has 1 aliphatic rings. The number of hydrogen-bond acceptors (Lipinski definition) is 6. The van der Waals surface area contributed by atoms with Crippen LogP contribution < -0.4 is 9.62 Å². The van der Waals surface area contributed by atoms with Gasteiger partial charge < -0.3 is 10.2 Å². The Morgan fingerprint density at radius 2 is 1.78 bits per heavy atom. The molecule has 1 N–H and O–H groups in total. The van der Waals surface area contributed by atoms with Crippen molar-refractivity contribution in [3.05, 3.63) is 68.2 Å². The Kier molecular flexibility index (Phi) is 9.30. The van der Waals surface area contributed by atoms with Gasteiger partial charge in [0.1, 0.15) is 12.6 Å². The molecule has 200 valence electrons. The summed E-state index contributed by atoms with van der Waals surface area (Å²) in [5.41, 5.74) is 0.958. The lowest BCUT2D eigenvalue weighted by molar-refractivity contribution is -0.384. The van der Waals surface area contributed by atoms with E-state index >= 15 is 0 Å². The third kappa shape index (κ3) is 7.51. The van der Waals surface area contributed by atoms with E-state index in [0.29, 0.717) is 5.56 Å². The number of benzene rings is 2. The topological polar surface area (TPSA) is 130 Å². The van der Waals surface area contributed by atoms with Crippen LogP contribution in [0.5, 0.6) is 0 Å². The molecule has 2 aromatic carbocycles. The van der Waals surface area contributed by atoms with E-state index in [1.807, 2.05) is 24.3 Å². The minimum Gasteiger partial charge on any atom is -0.352 e. The summed E-state index contributed by atoms with van der Waals surface area (Å²) in [7, 11) is -4.00. The molecule has 0 heterocycles. The van der Waals surface area contributed by atoms with E-state index < -0.39 is 33.4 Å². The van der Waals surface area contributed by atoms with Crippen LogP contribution in [-0.4, -0.2) is 54.9 Å². The van der Waals surface area contributed by atoms with Crippen LogP contribution in [0.25, 0.3) is 0 Å². The van der Waals surface area contributed by atoms with Crippen molar-refractivity contribution in [3.8, 4) is 0 Å². The first-order chi connectivity index (χ1) is 17.4. The second kappa shape index (κ2) is 12.0. The molecule has 37 heavy (non-hydrogen) atoms. The Morgan fingerprint density at radius 3 is 2.35 bits per heavy atom. The first-order valence-electron chi connectivity index (χ1n) is 11.9. The number of nitro groups is 1. The number of sulfonamides is 1. The summed E-state index contributed by atoms with van der Waals surface area (Å²) in [4.78, 5) is 38.8. The number of nitrogens with zero attached hydrogens (tertiary/aromatic N) is 3. The number of nitrogens with one attached hydrogen (secondary N) is 1. The molecule has 1 saturated carbocycles. The monoisotopic (exact) mass is 594 g/mol. The largest absolute Gasteiger partial charge is 0.352 e. The number of amides is 2. The van der Waals surface area contributed by atoms with Gasteiger partial charge in [-0.2, -0.15) is 0 Å². The van der Waals surface area contributed by atoms with Crippen LogP contribution in [0.3, 0.4) is 0 Å². The second-order valence-electron chi connectivity index (χ2n) is 9.31. The van der Waals surface area contributed by atoms with Gasteiger partial charge in [0.05, 0.1) is 16.9 Å². The number of halogens is 1. The molecule has 2 amide bonds. The van der Waals surface area contributed by atoms with E-state index in [1.54, 1.807) is 13.8 Å². The van der Waals surface area contributed by atoms with Crippen LogP contribution in [0, 0.1) is 17.0 Å². The highest BCUT2D eigenvalue weighted by Crippen LogP contribution is 2.28. The van der Waals surface area contributed by atoms with E-state index in [-0.39, 0.29) is 29.9 Å². The first-order valence-corrected chi connectivity index (χ1v) is 14.6. The first kappa shape index (κ1) is 28.6. The fourth-order valence-electron chi connectivity index (χ4n) is 4.34. The van der Waals surface area contributed by atoms with E-state index in [2.05, 4.69) is 21.2 Å². The molecule has 0 saturated heterocycles. The van der Waals surface area contributed by atoms with Gasteiger partial charge in [-0.3, -0.25) is 24.0 Å². The fourth-order valence-corrected chi connectivity index (χ4v) is 5.50. The van der Waals surface area contributed by atoms with Crippen molar-refractivity contribution in [1.82, 2.24) is 10.2 Å². The molecule has 0 spiro atoms. The highest BCUT2D eigenvalue weighted by molar-refractivity contribution is 9.10. The summed E-state index contributed by atoms with van der Waals surface area (Å²) >= 11 is 3.38. The maximum atomic E-state index is 13.7. The minimum absolute atomic E-state index is 0.0386. The van der Waals surface area contributed by atoms with Crippen molar-refractivity contribution in [3.63, 3.8) is 0 Å². The lowest BCUT2D eigenvalue weighted by Crippen LogP contribution is -2.52. The highest BCUT2D eigenvalue weighted by Gasteiger charge is 2.32. The summed E-state index contributed by atoms with van der Waals surface area (Å²) < 4.78 is 27.2. The van der Waals surface area contributed by atoms with E-state index in [9.17, 15) is 28.1 Å². The molecule has 1 aliphatic carbocycles. The summed E-state index contributed by atoms with van der Waals surface area (Å²) in [6, 6.07) is 10.3. The molecule has 0 unspecified atom stereocenters. The molecule has 1 fully saturated rings. The van der Waals surface area contributed by atoms with Crippen LogP contribution >= 0.6 is 15.9 Å². The molecule has 0 radical (unpaired) electrons. The van der Waals surface area contributed by atoms with Crippen LogP contribution in [-0.2, 0) is 26.2 Å². The fraction of sp³-hybridized carbons (Fsp3) is 0.440. The number of carbonyl (C=O) groups is 2. The zero-order valence-corrected chi connectivity index (χ0v) is 23.4. The number of aryl methyl sites for hydroxylation is 1. The zero-order chi connectivity index (χ0) is 27.3. The molecular weight excluding hydrogens is 564 g/mol. The van der Waals surface area contributed by atoms with Gasteiger partial charge in [-0.25, -0.2) is 8.42 Å². The van der Waals surface area contributed by atoms with Crippen molar-refractivity contribution in [1.29, 1.82) is 0 Å². The molecule has 1 atom stereocenters. The Morgan fingerprint density at radius 1 is 1.16 bits per heavy atom. The van der Waals surface area contributed by atoms with E-state index in [1.165, 1.54) is 17.0 Å². The maximum absolute atomic E-state index is 13.7. The molecule has 0 aromatic heterocycles. The predicted octanol–water partition coefficient (Wildman–Crippen LogP) is 3.91. The van der Waals surface area contributed by atoms with Gasteiger partial charge in [-0.1, -0.05) is 47.0 Å². The average Bonchev–Trinajstić information content (AvgIpc) is 3.34. The summed E-state index contributed by atoms with van der Waals surface area (Å²) in [6.07, 6.45) is 4.77. The van der Waals surface area contributed by atoms with Crippen molar-refractivity contribution in [2.45, 2.75) is 58.2 Å². The van der Waals surface area contributed by atoms with Crippen molar-refractivity contribution in [2.24, 2.45) is 0 Å². The van der Waals surface area contributed by atoms with Gasteiger partial charge in [0.25, 0.3) is 5.69 Å². The lowest BCUT2D eigenvalue weighted by atomic mass is 10.1. The van der Waals surface area contributed by atoms with Gasteiger partial charge in [-0.05, 0) is 49.9 Å². The van der Waals surface area contributed by atoms with Crippen LogP contribution in [0.4, 0.5) is 11.4 Å². The van der Waals surface area contributed by atoms with Gasteiger partial charge in [0.15, 0.2) is 0 Å². The molecule has 2 aromatic rings.